The molecular formula is C21H15N. The van der Waals surface area contributed by atoms with Crippen molar-refractivity contribution >= 4 is 21.7 Å². The van der Waals surface area contributed by atoms with Crippen LogP contribution < -0.4 is 0 Å². The number of aryl methyl sites for hydroxylation is 1. The third-order valence-corrected chi connectivity index (χ3v) is 4.87. The van der Waals surface area contributed by atoms with Gasteiger partial charge in [-0.25, -0.2) is 0 Å². The maximum absolute atomic E-state index is 4.82. The van der Waals surface area contributed by atoms with Crippen LogP contribution in [0.25, 0.3) is 32.8 Å². The normalized spacial score (nSPS) is 12.6. The van der Waals surface area contributed by atoms with Crippen molar-refractivity contribution in [2.24, 2.45) is 0 Å². The highest BCUT2D eigenvalue weighted by atomic mass is 14.7. The van der Waals surface area contributed by atoms with E-state index in [-0.39, 0.29) is 0 Å². The number of hydrogen-bond donors (Lipinski definition) is 0. The maximum Gasteiger partial charge on any atom is 0.0783 e. The van der Waals surface area contributed by atoms with Crippen LogP contribution in [0.2, 0.25) is 0 Å². The Morgan fingerprint density at radius 1 is 0.818 bits per heavy atom. The van der Waals surface area contributed by atoms with E-state index in [0.717, 1.165) is 11.9 Å². The molecule has 1 aromatic heterocycles. The second-order valence-corrected chi connectivity index (χ2v) is 6.12. The van der Waals surface area contributed by atoms with Crippen molar-refractivity contribution in [1.29, 1.82) is 0 Å². The lowest BCUT2D eigenvalue weighted by atomic mass is 9.97. The first-order valence-electron chi connectivity index (χ1n) is 7.71. The quantitative estimate of drug-likeness (QED) is 0.352. The third kappa shape index (κ3) is 1.46. The zero-order valence-electron chi connectivity index (χ0n) is 12.4. The summed E-state index contributed by atoms with van der Waals surface area (Å²) in [5, 5.41) is 3.87. The van der Waals surface area contributed by atoms with Crippen molar-refractivity contribution in [3.8, 4) is 11.1 Å². The standard InChI is InChI=1S/C21H15N/c1-13-10-19-18-11-14-6-2-3-8-16(14)20(18)12-22-21(19)17-9-5-4-7-15(13)17/h2-10,12H,11H2,1H3. The van der Waals surface area contributed by atoms with Gasteiger partial charge in [0.1, 0.15) is 0 Å². The van der Waals surface area contributed by atoms with Crippen molar-refractivity contribution in [2.45, 2.75) is 13.3 Å². The Morgan fingerprint density at radius 2 is 1.59 bits per heavy atom. The number of nitrogens with zero attached hydrogens (tertiary/aromatic N) is 1. The first-order valence-corrected chi connectivity index (χ1v) is 7.71. The van der Waals surface area contributed by atoms with Crippen LogP contribution in [-0.2, 0) is 6.42 Å². The van der Waals surface area contributed by atoms with Crippen molar-refractivity contribution in [3.63, 3.8) is 0 Å². The molecule has 1 aliphatic rings. The van der Waals surface area contributed by atoms with Gasteiger partial charge in [0, 0.05) is 22.5 Å². The highest BCUT2D eigenvalue weighted by molar-refractivity contribution is 6.09. The molecule has 22 heavy (non-hydrogen) atoms. The molecule has 0 saturated heterocycles. The van der Waals surface area contributed by atoms with Crippen LogP contribution in [0.1, 0.15) is 16.7 Å². The van der Waals surface area contributed by atoms with Crippen molar-refractivity contribution in [2.75, 3.05) is 0 Å². The van der Waals surface area contributed by atoms with E-state index in [1.165, 1.54) is 44.0 Å². The van der Waals surface area contributed by atoms with E-state index in [4.69, 9.17) is 4.98 Å². The van der Waals surface area contributed by atoms with Crippen molar-refractivity contribution in [3.05, 3.63) is 77.5 Å². The van der Waals surface area contributed by atoms with E-state index in [0.29, 0.717) is 0 Å². The van der Waals surface area contributed by atoms with Gasteiger partial charge >= 0.3 is 0 Å². The Labute approximate surface area is 129 Å². The van der Waals surface area contributed by atoms with Gasteiger partial charge in [0.05, 0.1) is 5.52 Å². The maximum atomic E-state index is 4.82. The summed E-state index contributed by atoms with van der Waals surface area (Å²) in [7, 11) is 0. The predicted octanol–water partition coefficient (Wildman–Crippen LogP) is 5.27. The average Bonchev–Trinajstić information content (AvgIpc) is 2.94. The van der Waals surface area contributed by atoms with Gasteiger partial charge in [0.15, 0.2) is 0 Å². The molecule has 0 fully saturated rings. The number of aromatic nitrogens is 1. The Balaban J connectivity index is 1.94. The van der Waals surface area contributed by atoms with Gasteiger partial charge in [-0.05, 0) is 47.1 Å². The summed E-state index contributed by atoms with van der Waals surface area (Å²) in [6.07, 6.45) is 3.08. The van der Waals surface area contributed by atoms with E-state index in [9.17, 15) is 0 Å². The monoisotopic (exact) mass is 281 g/mol. The Morgan fingerprint density at radius 3 is 2.50 bits per heavy atom. The highest BCUT2D eigenvalue weighted by Gasteiger charge is 2.21. The first-order chi connectivity index (χ1) is 10.8. The molecule has 5 rings (SSSR count). The summed E-state index contributed by atoms with van der Waals surface area (Å²) < 4.78 is 0. The fraction of sp³-hybridized carbons (Fsp3) is 0.0952. The van der Waals surface area contributed by atoms with Crippen LogP contribution in [-0.4, -0.2) is 4.98 Å². The zero-order chi connectivity index (χ0) is 14.7. The number of fused-ring (bicyclic) bond motifs is 7. The van der Waals surface area contributed by atoms with E-state index in [2.05, 4.69) is 67.7 Å². The largest absolute Gasteiger partial charge is 0.255 e. The summed E-state index contributed by atoms with van der Waals surface area (Å²) >= 11 is 0. The molecule has 1 nitrogen and oxygen atoms in total. The Hall–Kier alpha value is -2.67. The fourth-order valence-corrected chi connectivity index (χ4v) is 3.81. The highest BCUT2D eigenvalue weighted by Crippen LogP contribution is 2.41. The molecule has 0 spiro atoms. The second-order valence-electron chi connectivity index (χ2n) is 6.12. The molecule has 0 unspecified atom stereocenters. The van der Waals surface area contributed by atoms with E-state index < -0.39 is 0 Å². The van der Waals surface area contributed by atoms with Gasteiger partial charge in [-0.3, -0.25) is 4.98 Å². The molecule has 104 valence electrons. The van der Waals surface area contributed by atoms with Crippen LogP contribution in [0.4, 0.5) is 0 Å². The lowest BCUT2D eigenvalue weighted by Crippen LogP contribution is -1.91. The first kappa shape index (κ1) is 11.9. The van der Waals surface area contributed by atoms with Crippen LogP contribution >= 0.6 is 0 Å². The predicted molar refractivity (Wildman–Crippen MR) is 92.2 cm³/mol. The molecule has 3 aromatic carbocycles. The van der Waals surface area contributed by atoms with Crippen LogP contribution in [0.3, 0.4) is 0 Å². The number of hydrogen-bond acceptors (Lipinski definition) is 1. The SMILES string of the molecule is Cc1cc2c3c(cnc2c2ccccc12)-c1ccccc1C3. The minimum atomic E-state index is 1.02. The minimum absolute atomic E-state index is 1.02. The molecule has 1 aliphatic carbocycles. The molecule has 0 N–H and O–H groups in total. The molecule has 1 heterocycles. The summed E-state index contributed by atoms with van der Waals surface area (Å²) in [5.41, 5.74) is 7.95. The van der Waals surface area contributed by atoms with Gasteiger partial charge < -0.3 is 0 Å². The molecule has 1 heteroatoms. The molecule has 0 amide bonds. The van der Waals surface area contributed by atoms with Crippen molar-refractivity contribution < 1.29 is 0 Å². The third-order valence-electron chi connectivity index (χ3n) is 4.87. The number of pyridine rings is 1. The van der Waals surface area contributed by atoms with Crippen LogP contribution in [0.15, 0.2) is 60.8 Å². The van der Waals surface area contributed by atoms with Gasteiger partial charge in [0.2, 0.25) is 0 Å². The van der Waals surface area contributed by atoms with Crippen LogP contribution in [0, 0.1) is 6.92 Å². The molecule has 0 bridgehead atoms. The van der Waals surface area contributed by atoms with E-state index in [1.54, 1.807) is 0 Å². The zero-order valence-corrected chi connectivity index (χ0v) is 12.4. The topological polar surface area (TPSA) is 12.9 Å². The fourth-order valence-electron chi connectivity index (χ4n) is 3.81. The van der Waals surface area contributed by atoms with Crippen molar-refractivity contribution in [1.82, 2.24) is 4.98 Å². The van der Waals surface area contributed by atoms with E-state index in [1.807, 2.05) is 0 Å². The summed E-state index contributed by atoms with van der Waals surface area (Å²) in [4.78, 5) is 4.82. The number of benzene rings is 3. The van der Waals surface area contributed by atoms with Crippen LogP contribution in [0.5, 0.6) is 0 Å². The summed E-state index contributed by atoms with van der Waals surface area (Å²) in [6.45, 7) is 2.20. The smallest absolute Gasteiger partial charge is 0.0783 e. The molecular weight excluding hydrogens is 266 g/mol. The van der Waals surface area contributed by atoms with Gasteiger partial charge in [-0.1, -0.05) is 48.5 Å². The Kier molecular flexibility index (Phi) is 2.26. The molecule has 0 saturated carbocycles. The molecule has 0 radical (unpaired) electrons. The molecule has 4 aromatic rings. The minimum Gasteiger partial charge on any atom is -0.255 e. The lowest BCUT2D eigenvalue weighted by molar-refractivity contribution is 1.27. The van der Waals surface area contributed by atoms with E-state index >= 15 is 0 Å². The van der Waals surface area contributed by atoms with Gasteiger partial charge in [0.25, 0.3) is 0 Å². The Bertz CT molecular complexity index is 1060. The second kappa shape index (κ2) is 4.17. The number of rotatable bonds is 0. The molecule has 0 aliphatic heterocycles. The molecule has 0 atom stereocenters. The van der Waals surface area contributed by atoms with Gasteiger partial charge in [-0.15, -0.1) is 0 Å². The average molecular weight is 281 g/mol. The summed E-state index contributed by atoms with van der Waals surface area (Å²) in [6, 6.07) is 19.6. The summed E-state index contributed by atoms with van der Waals surface area (Å²) in [5.74, 6) is 0. The lowest BCUT2D eigenvalue weighted by Gasteiger charge is -2.10. The van der Waals surface area contributed by atoms with Gasteiger partial charge in [-0.2, -0.15) is 0 Å².